The maximum absolute atomic E-state index is 12.3. The molecule has 1 aromatic heterocycles. The number of halogens is 1. The third kappa shape index (κ3) is 6.15. The summed E-state index contributed by atoms with van der Waals surface area (Å²) >= 11 is 5.90. The van der Waals surface area contributed by atoms with Crippen molar-refractivity contribution in [3.05, 3.63) is 70.6 Å². The Labute approximate surface area is 182 Å². The highest BCUT2D eigenvalue weighted by Crippen LogP contribution is 2.19. The first-order valence-electron chi connectivity index (χ1n) is 10.2. The first-order chi connectivity index (χ1) is 14.6. The maximum Gasteiger partial charge on any atom is 0.227 e. The number of carbonyl (C=O) groups is 1. The third-order valence-corrected chi connectivity index (χ3v) is 5.27. The van der Waals surface area contributed by atoms with Crippen LogP contribution in [-0.4, -0.2) is 34.0 Å². The van der Waals surface area contributed by atoms with Gasteiger partial charge < -0.3 is 9.84 Å². The molecule has 30 heavy (non-hydrogen) atoms. The van der Waals surface area contributed by atoms with E-state index in [0.717, 1.165) is 30.8 Å². The smallest absolute Gasteiger partial charge is 0.227 e. The maximum atomic E-state index is 12.3. The second kappa shape index (κ2) is 10.9. The Morgan fingerprint density at radius 1 is 1.07 bits per heavy atom. The molecule has 3 rings (SSSR count). The molecular formula is C23H27ClN4O2. The molecule has 7 heteroatoms. The molecule has 0 saturated heterocycles. The predicted molar refractivity (Wildman–Crippen MR) is 118 cm³/mol. The van der Waals surface area contributed by atoms with Gasteiger partial charge in [-0.2, -0.15) is 4.98 Å². The molecule has 0 bridgehead atoms. The third-order valence-electron chi connectivity index (χ3n) is 5.02. The lowest BCUT2D eigenvalue weighted by Crippen LogP contribution is -2.26. The molecule has 0 spiro atoms. The summed E-state index contributed by atoms with van der Waals surface area (Å²) in [6.07, 6.45) is 0.688. The van der Waals surface area contributed by atoms with E-state index < -0.39 is 0 Å². The van der Waals surface area contributed by atoms with Crippen LogP contribution in [0.1, 0.15) is 37.3 Å². The number of carbonyl (C=O) groups excluding carboxylic acids is 1. The second-order valence-corrected chi connectivity index (χ2v) is 7.46. The zero-order valence-corrected chi connectivity index (χ0v) is 18.2. The number of nitrogens with one attached hydrogen (secondary N) is 1. The van der Waals surface area contributed by atoms with Gasteiger partial charge in [0.2, 0.25) is 17.6 Å². The van der Waals surface area contributed by atoms with E-state index in [4.69, 9.17) is 16.1 Å². The SMILES string of the molecule is CCN(CC)Cc1ccccc1CNC(=O)CCc1nc(-c2ccc(Cl)cc2)no1. The fourth-order valence-corrected chi connectivity index (χ4v) is 3.27. The Hall–Kier alpha value is -2.70. The van der Waals surface area contributed by atoms with Gasteiger partial charge >= 0.3 is 0 Å². The standard InChI is InChI=1S/C23H27ClN4O2/c1-3-28(4-2)16-19-8-6-5-7-18(19)15-25-21(29)13-14-22-26-23(27-30-22)17-9-11-20(24)12-10-17/h5-12H,3-4,13-16H2,1-2H3,(H,25,29). The molecule has 0 radical (unpaired) electrons. The van der Waals surface area contributed by atoms with Gasteiger partial charge in [-0.3, -0.25) is 9.69 Å². The van der Waals surface area contributed by atoms with Gasteiger partial charge in [0.1, 0.15) is 0 Å². The fraction of sp³-hybridized carbons (Fsp3) is 0.348. The summed E-state index contributed by atoms with van der Waals surface area (Å²) in [4.78, 5) is 19.0. The molecule has 158 valence electrons. The fourth-order valence-electron chi connectivity index (χ4n) is 3.15. The molecule has 0 atom stereocenters. The molecule has 0 aliphatic rings. The lowest BCUT2D eigenvalue weighted by molar-refractivity contribution is -0.121. The minimum Gasteiger partial charge on any atom is -0.352 e. The van der Waals surface area contributed by atoms with E-state index in [1.807, 2.05) is 24.3 Å². The lowest BCUT2D eigenvalue weighted by Gasteiger charge is -2.20. The Morgan fingerprint density at radius 2 is 1.77 bits per heavy atom. The van der Waals surface area contributed by atoms with Gasteiger partial charge in [0.05, 0.1) is 0 Å². The van der Waals surface area contributed by atoms with Crippen LogP contribution < -0.4 is 5.32 Å². The van der Waals surface area contributed by atoms with Crippen LogP contribution in [0.25, 0.3) is 11.4 Å². The lowest BCUT2D eigenvalue weighted by atomic mass is 10.1. The van der Waals surface area contributed by atoms with Gasteiger partial charge in [-0.15, -0.1) is 0 Å². The zero-order chi connectivity index (χ0) is 21.3. The number of hydrogen-bond donors (Lipinski definition) is 1. The van der Waals surface area contributed by atoms with Crippen molar-refractivity contribution in [3.8, 4) is 11.4 Å². The summed E-state index contributed by atoms with van der Waals surface area (Å²) in [5.41, 5.74) is 3.20. The van der Waals surface area contributed by atoms with Crippen molar-refractivity contribution in [2.45, 2.75) is 39.8 Å². The molecule has 3 aromatic rings. The first-order valence-corrected chi connectivity index (χ1v) is 10.6. The highest BCUT2D eigenvalue weighted by atomic mass is 35.5. The van der Waals surface area contributed by atoms with E-state index in [9.17, 15) is 4.79 Å². The van der Waals surface area contributed by atoms with Gasteiger partial charge in [-0.25, -0.2) is 0 Å². The quantitative estimate of drug-likeness (QED) is 0.517. The van der Waals surface area contributed by atoms with Crippen molar-refractivity contribution >= 4 is 17.5 Å². The van der Waals surface area contributed by atoms with E-state index in [1.54, 1.807) is 12.1 Å². The van der Waals surface area contributed by atoms with Crippen LogP contribution in [0.5, 0.6) is 0 Å². The molecule has 2 aromatic carbocycles. The molecule has 0 fully saturated rings. The molecule has 0 saturated carbocycles. The van der Waals surface area contributed by atoms with Gasteiger partial charge in [-0.05, 0) is 48.5 Å². The predicted octanol–water partition coefficient (Wildman–Crippen LogP) is 4.48. The average molecular weight is 427 g/mol. The van der Waals surface area contributed by atoms with Crippen molar-refractivity contribution in [2.24, 2.45) is 0 Å². The summed E-state index contributed by atoms with van der Waals surface area (Å²) < 4.78 is 5.27. The monoisotopic (exact) mass is 426 g/mol. The average Bonchev–Trinajstić information content (AvgIpc) is 3.24. The topological polar surface area (TPSA) is 71.3 Å². The number of benzene rings is 2. The van der Waals surface area contributed by atoms with Crippen molar-refractivity contribution in [2.75, 3.05) is 13.1 Å². The number of hydrogen-bond acceptors (Lipinski definition) is 5. The Bertz CT molecular complexity index is 952. The van der Waals surface area contributed by atoms with Crippen LogP contribution in [0.2, 0.25) is 5.02 Å². The largest absolute Gasteiger partial charge is 0.352 e. The van der Waals surface area contributed by atoms with Crippen LogP contribution in [-0.2, 0) is 24.3 Å². The molecule has 1 heterocycles. The van der Waals surface area contributed by atoms with Crippen LogP contribution >= 0.6 is 11.6 Å². The molecule has 6 nitrogen and oxygen atoms in total. The summed E-state index contributed by atoms with van der Waals surface area (Å²) in [5, 5.41) is 7.63. The van der Waals surface area contributed by atoms with Gasteiger partial charge in [0.15, 0.2) is 0 Å². The number of nitrogens with zero attached hydrogens (tertiary/aromatic N) is 3. The van der Waals surface area contributed by atoms with E-state index >= 15 is 0 Å². The molecule has 0 unspecified atom stereocenters. The van der Waals surface area contributed by atoms with Crippen LogP contribution in [0.15, 0.2) is 53.1 Å². The van der Waals surface area contributed by atoms with E-state index in [1.165, 1.54) is 5.56 Å². The Balaban J connectivity index is 1.51. The van der Waals surface area contributed by atoms with E-state index in [0.29, 0.717) is 36.1 Å². The molecule has 1 N–H and O–H groups in total. The Morgan fingerprint density at radius 3 is 2.47 bits per heavy atom. The number of rotatable bonds is 10. The molecule has 0 aliphatic heterocycles. The van der Waals surface area contributed by atoms with Crippen molar-refractivity contribution in [1.29, 1.82) is 0 Å². The molecule has 1 amide bonds. The first kappa shape index (κ1) is 22.0. The van der Waals surface area contributed by atoms with E-state index in [-0.39, 0.29) is 5.91 Å². The van der Waals surface area contributed by atoms with Gasteiger partial charge in [0, 0.05) is 36.5 Å². The summed E-state index contributed by atoms with van der Waals surface area (Å²) in [6.45, 7) is 7.71. The molecule has 0 aliphatic carbocycles. The second-order valence-electron chi connectivity index (χ2n) is 7.03. The van der Waals surface area contributed by atoms with Crippen LogP contribution in [0.3, 0.4) is 0 Å². The normalized spacial score (nSPS) is 11.1. The van der Waals surface area contributed by atoms with Crippen LogP contribution in [0, 0.1) is 0 Å². The van der Waals surface area contributed by atoms with Crippen molar-refractivity contribution < 1.29 is 9.32 Å². The number of aryl methyl sites for hydroxylation is 1. The minimum absolute atomic E-state index is 0.0427. The Kier molecular flexibility index (Phi) is 7.99. The summed E-state index contributed by atoms with van der Waals surface area (Å²) in [5.74, 6) is 0.892. The number of amides is 1. The van der Waals surface area contributed by atoms with Crippen molar-refractivity contribution in [3.63, 3.8) is 0 Å². The molecular weight excluding hydrogens is 400 g/mol. The highest BCUT2D eigenvalue weighted by Gasteiger charge is 2.12. The highest BCUT2D eigenvalue weighted by molar-refractivity contribution is 6.30. The summed E-state index contributed by atoms with van der Waals surface area (Å²) in [6, 6.07) is 15.4. The van der Waals surface area contributed by atoms with Gasteiger partial charge in [-0.1, -0.05) is 54.9 Å². The zero-order valence-electron chi connectivity index (χ0n) is 17.4. The van der Waals surface area contributed by atoms with Crippen molar-refractivity contribution in [1.82, 2.24) is 20.4 Å². The van der Waals surface area contributed by atoms with E-state index in [2.05, 4.69) is 46.3 Å². The van der Waals surface area contributed by atoms with Crippen LogP contribution in [0.4, 0.5) is 0 Å². The number of aromatic nitrogens is 2. The summed E-state index contributed by atoms with van der Waals surface area (Å²) in [7, 11) is 0. The van der Waals surface area contributed by atoms with Gasteiger partial charge in [0.25, 0.3) is 0 Å². The minimum atomic E-state index is -0.0427.